The molecule has 0 spiro atoms. The first-order valence-electron chi connectivity index (χ1n) is 12.6. The highest BCUT2D eigenvalue weighted by molar-refractivity contribution is 5.67. The molecule has 0 aromatic rings. The Labute approximate surface area is 179 Å². The third-order valence-corrected chi connectivity index (χ3v) is 12.3. The van der Waals surface area contributed by atoms with Gasteiger partial charge in [0, 0.05) is 6.42 Å². The highest BCUT2D eigenvalue weighted by Gasteiger charge is 2.67. The number of fused-ring (bicyclic) bond motifs is 5. The SMILES string of the molecule is C[C@H](CC(=O)O)C1CC[C@@]2(C)C3CC[C@H]4C(C)(C)[C@@H](C)CC[C@]4(C)C3CC[C@]12C. The fraction of sp³-hybridized carbons (Fsp3) is 0.963. The van der Waals surface area contributed by atoms with Gasteiger partial charge in [-0.2, -0.15) is 0 Å². The second-order valence-corrected chi connectivity index (χ2v) is 13.2. The van der Waals surface area contributed by atoms with Crippen molar-refractivity contribution in [2.75, 3.05) is 0 Å². The molecule has 0 aliphatic heterocycles. The second kappa shape index (κ2) is 6.73. The molecule has 3 unspecified atom stereocenters. The largest absolute Gasteiger partial charge is 0.481 e. The Morgan fingerprint density at radius 1 is 0.897 bits per heavy atom. The molecule has 4 saturated carbocycles. The minimum Gasteiger partial charge on any atom is -0.481 e. The van der Waals surface area contributed by atoms with E-state index in [9.17, 15) is 9.90 Å². The minimum atomic E-state index is -0.616. The van der Waals surface area contributed by atoms with Gasteiger partial charge in [-0.1, -0.05) is 48.5 Å². The molecule has 4 aliphatic rings. The van der Waals surface area contributed by atoms with E-state index in [1.807, 2.05) is 0 Å². The summed E-state index contributed by atoms with van der Waals surface area (Å²) in [6.07, 6.45) is 11.2. The minimum absolute atomic E-state index is 0.303. The Hall–Kier alpha value is -0.530. The number of aliphatic carboxylic acids is 1. The Bertz CT molecular complexity index is 667. The molecule has 9 atom stereocenters. The van der Waals surface area contributed by atoms with E-state index in [0.29, 0.717) is 39.9 Å². The predicted molar refractivity (Wildman–Crippen MR) is 120 cm³/mol. The lowest BCUT2D eigenvalue weighted by Crippen LogP contribution is -2.60. The van der Waals surface area contributed by atoms with Gasteiger partial charge in [0.05, 0.1) is 0 Å². The van der Waals surface area contributed by atoms with Crippen LogP contribution in [0.15, 0.2) is 0 Å². The third-order valence-electron chi connectivity index (χ3n) is 12.3. The summed E-state index contributed by atoms with van der Waals surface area (Å²) in [7, 11) is 0. The molecule has 166 valence electrons. The fourth-order valence-corrected chi connectivity index (χ4v) is 10.1. The molecule has 0 aromatic carbocycles. The first-order chi connectivity index (χ1) is 13.4. The highest BCUT2D eigenvalue weighted by atomic mass is 16.4. The van der Waals surface area contributed by atoms with Crippen LogP contribution in [0.4, 0.5) is 0 Å². The molecule has 0 aromatic heterocycles. The van der Waals surface area contributed by atoms with Crippen molar-refractivity contribution in [1.29, 1.82) is 0 Å². The summed E-state index contributed by atoms with van der Waals surface area (Å²) in [6.45, 7) is 17.7. The summed E-state index contributed by atoms with van der Waals surface area (Å²) in [5.74, 6) is 3.70. The Morgan fingerprint density at radius 3 is 2.21 bits per heavy atom. The molecule has 4 fully saturated rings. The van der Waals surface area contributed by atoms with Gasteiger partial charge in [-0.3, -0.25) is 4.79 Å². The lowest BCUT2D eigenvalue weighted by molar-refractivity contribution is -0.188. The summed E-state index contributed by atoms with van der Waals surface area (Å²) in [6, 6.07) is 0. The van der Waals surface area contributed by atoms with Crippen molar-refractivity contribution >= 4 is 5.97 Å². The van der Waals surface area contributed by atoms with Crippen LogP contribution in [0.5, 0.6) is 0 Å². The van der Waals surface area contributed by atoms with Crippen molar-refractivity contribution in [1.82, 2.24) is 0 Å². The van der Waals surface area contributed by atoms with Crippen LogP contribution >= 0.6 is 0 Å². The normalized spacial score (nSPS) is 52.2. The first-order valence-corrected chi connectivity index (χ1v) is 12.6. The summed E-state index contributed by atoms with van der Waals surface area (Å²) < 4.78 is 0. The zero-order chi connectivity index (χ0) is 21.4. The Morgan fingerprint density at radius 2 is 1.55 bits per heavy atom. The maximum atomic E-state index is 11.4. The van der Waals surface area contributed by atoms with Crippen LogP contribution in [-0.2, 0) is 4.79 Å². The van der Waals surface area contributed by atoms with Crippen LogP contribution < -0.4 is 0 Å². The molecule has 2 heteroatoms. The number of hydrogen-bond acceptors (Lipinski definition) is 1. The molecule has 2 nitrogen and oxygen atoms in total. The predicted octanol–water partition coefficient (Wildman–Crippen LogP) is 7.42. The zero-order valence-corrected chi connectivity index (χ0v) is 20.2. The van der Waals surface area contributed by atoms with Gasteiger partial charge in [0.2, 0.25) is 0 Å². The quantitative estimate of drug-likeness (QED) is 0.533. The Balaban J connectivity index is 1.65. The fourth-order valence-electron chi connectivity index (χ4n) is 10.1. The monoisotopic (exact) mass is 402 g/mol. The smallest absolute Gasteiger partial charge is 0.303 e. The first kappa shape index (κ1) is 21.7. The van der Waals surface area contributed by atoms with Gasteiger partial charge in [-0.05, 0) is 109 Å². The molecule has 0 radical (unpaired) electrons. The van der Waals surface area contributed by atoms with Crippen LogP contribution in [0.2, 0.25) is 0 Å². The van der Waals surface area contributed by atoms with Gasteiger partial charge in [0.25, 0.3) is 0 Å². The van der Waals surface area contributed by atoms with Crippen molar-refractivity contribution in [2.45, 2.75) is 106 Å². The number of carboxylic acid groups (broad SMARTS) is 1. The van der Waals surface area contributed by atoms with Crippen LogP contribution in [0.3, 0.4) is 0 Å². The van der Waals surface area contributed by atoms with Crippen molar-refractivity contribution in [3.05, 3.63) is 0 Å². The van der Waals surface area contributed by atoms with Gasteiger partial charge in [0.15, 0.2) is 0 Å². The van der Waals surface area contributed by atoms with E-state index in [4.69, 9.17) is 0 Å². The summed E-state index contributed by atoms with van der Waals surface area (Å²) in [5, 5.41) is 9.41. The lowest BCUT2D eigenvalue weighted by atomic mass is 9.37. The van der Waals surface area contributed by atoms with Crippen LogP contribution in [-0.4, -0.2) is 11.1 Å². The molecule has 0 saturated heterocycles. The Kier molecular flexibility index (Phi) is 5.04. The van der Waals surface area contributed by atoms with Crippen molar-refractivity contribution in [3.8, 4) is 0 Å². The topological polar surface area (TPSA) is 37.3 Å². The van der Waals surface area contributed by atoms with E-state index in [0.717, 1.165) is 23.7 Å². The molecule has 4 aliphatic carbocycles. The summed E-state index contributed by atoms with van der Waals surface area (Å²) >= 11 is 0. The maximum Gasteiger partial charge on any atom is 0.303 e. The van der Waals surface area contributed by atoms with Gasteiger partial charge in [0.1, 0.15) is 0 Å². The average Bonchev–Trinajstić information content (AvgIpc) is 2.90. The van der Waals surface area contributed by atoms with E-state index in [1.165, 1.54) is 51.4 Å². The van der Waals surface area contributed by atoms with E-state index in [1.54, 1.807) is 0 Å². The molecule has 29 heavy (non-hydrogen) atoms. The molecular formula is C27H46O2. The van der Waals surface area contributed by atoms with Gasteiger partial charge in [-0.25, -0.2) is 0 Å². The third kappa shape index (κ3) is 2.82. The number of carbonyl (C=O) groups is 1. The van der Waals surface area contributed by atoms with Crippen molar-refractivity contribution < 1.29 is 9.90 Å². The molecule has 4 rings (SSSR count). The standard InChI is InChI=1S/C27H46O2/c1-17(16-23(28)29)19-11-14-27(7)21-8-9-22-24(3,4)18(2)10-13-25(22,5)20(21)12-15-26(19,27)6/h17-22H,8-16H2,1-7H3,(H,28,29)/t17-,18+,19?,20?,21?,22+,25-,26-,27+/m1/s1. The van der Waals surface area contributed by atoms with E-state index in [2.05, 4.69) is 48.5 Å². The van der Waals surface area contributed by atoms with E-state index in [-0.39, 0.29) is 0 Å². The second-order valence-electron chi connectivity index (χ2n) is 13.2. The van der Waals surface area contributed by atoms with Gasteiger partial charge >= 0.3 is 5.97 Å². The number of carboxylic acids is 1. The van der Waals surface area contributed by atoms with Crippen molar-refractivity contribution in [3.63, 3.8) is 0 Å². The van der Waals surface area contributed by atoms with Crippen LogP contribution in [0.1, 0.15) is 106 Å². The summed E-state index contributed by atoms with van der Waals surface area (Å²) in [5.41, 5.74) is 1.69. The lowest BCUT2D eigenvalue weighted by Gasteiger charge is -2.67. The zero-order valence-electron chi connectivity index (χ0n) is 20.2. The molecule has 0 bridgehead atoms. The molecule has 1 N–H and O–H groups in total. The number of rotatable bonds is 3. The van der Waals surface area contributed by atoms with Crippen molar-refractivity contribution in [2.24, 2.45) is 57.2 Å². The summed E-state index contributed by atoms with van der Waals surface area (Å²) in [4.78, 5) is 11.4. The molecule has 0 amide bonds. The molecule has 0 heterocycles. The average molecular weight is 403 g/mol. The highest BCUT2D eigenvalue weighted by Crippen LogP contribution is 2.75. The van der Waals surface area contributed by atoms with E-state index >= 15 is 0 Å². The van der Waals surface area contributed by atoms with Crippen LogP contribution in [0, 0.1) is 57.2 Å². The van der Waals surface area contributed by atoms with Crippen LogP contribution in [0.25, 0.3) is 0 Å². The number of hydrogen-bond donors (Lipinski definition) is 1. The van der Waals surface area contributed by atoms with Gasteiger partial charge < -0.3 is 5.11 Å². The molecular weight excluding hydrogens is 356 g/mol. The van der Waals surface area contributed by atoms with Gasteiger partial charge in [-0.15, -0.1) is 0 Å². The van der Waals surface area contributed by atoms with E-state index < -0.39 is 5.97 Å². The maximum absolute atomic E-state index is 11.4.